The maximum atomic E-state index is 11.2. The van der Waals surface area contributed by atoms with Gasteiger partial charge in [0.2, 0.25) is 0 Å². The number of nitrogens with one attached hydrogen (secondary N) is 2. The average Bonchev–Trinajstić information content (AvgIpc) is 2.58. The second kappa shape index (κ2) is 7.92. The van der Waals surface area contributed by atoms with Crippen molar-refractivity contribution in [2.75, 3.05) is 13.2 Å². The minimum atomic E-state index is -0.689. The maximum absolute atomic E-state index is 11.2. The molecule has 132 valence electrons. The molecule has 0 saturated heterocycles. The van der Waals surface area contributed by atoms with Crippen molar-refractivity contribution >= 4 is 0 Å². The molecular weight excluding hydrogens is 320 g/mol. The predicted octanol–water partition coefficient (Wildman–Crippen LogP) is 1.44. The van der Waals surface area contributed by atoms with Crippen molar-refractivity contribution in [3.63, 3.8) is 0 Å². The number of hydrogen-bond acceptors (Lipinski definition) is 6. The molecule has 3 N–H and O–H groups in total. The highest BCUT2D eigenvalue weighted by Crippen LogP contribution is 2.29. The van der Waals surface area contributed by atoms with E-state index in [1.807, 2.05) is 20.8 Å². The van der Waals surface area contributed by atoms with Crippen LogP contribution in [0.25, 0.3) is 11.3 Å². The third kappa shape index (κ3) is 5.71. The Hall–Kier alpha value is -2.69. The summed E-state index contributed by atoms with van der Waals surface area (Å²) in [5.41, 5.74) is 1.09. The molecular formula is C18H22N4O3. The van der Waals surface area contributed by atoms with Crippen LogP contribution in [0.4, 0.5) is 0 Å². The van der Waals surface area contributed by atoms with Crippen LogP contribution in [-0.4, -0.2) is 40.1 Å². The van der Waals surface area contributed by atoms with Gasteiger partial charge in [0.05, 0.1) is 17.3 Å². The van der Waals surface area contributed by atoms with Crippen LogP contribution in [0.3, 0.4) is 0 Å². The van der Waals surface area contributed by atoms with E-state index in [0.717, 1.165) is 0 Å². The molecule has 0 aliphatic heterocycles. The van der Waals surface area contributed by atoms with E-state index in [9.17, 15) is 9.90 Å². The van der Waals surface area contributed by atoms with Crippen LogP contribution in [-0.2, 0) is 0 Å². The SMILES string of the molecule is CC(C)(C)NCC(O)COc1ccc(C#N)cc1-c1ccc(=O)[nH]n1. The highest BCUT2D eigenvalue weighted by molar-refractivity contribution is 5.68. The summed E-state index contributed by atoms with van der Waals surface area (Å²) < 4.78 is 5.72. The van der Waals surface area contributed by atoms with Gasteiger partial charge in [-0.3, -0.25) is 4.79 Å². The molecule has 7 nitrogen and oxygen atoms in total. The molecule has 2 rings (SSSR count). The lowest BCUT2D eigenvalue weighted by Gasteiger charge is -2.23. The topological polar surface area (TPSA) is 111 Å². The van der Waals surface area contributed by atoms with Crippen LogP contribution < -0.4 is 15.6 Å². The van der Waals surface area contributed by atoms with Crippen LogP contribution in [0.15, 0.2) is 35.1 Å². The van der Waals surface area contributed by atoms with Crippen molar-refractivity contribution in [2.24, 2.45) is 0 Å². The normalized spacial score (nSPS) is 12.4. The Bertz CT molecular complexity index is 798. The summed E-state index contributed by atoms with van der Waals surface area (Å²) in [5.74, 6) is 0.480. The number of aromatic amines is 1. The van der Waals surface area contributed by atoms with Gasteiger partial charge in [0.25, 0.3) is 5.56 Å². The molecule has 7 heteroatoms. The molecule has 1 aromatic carbocycles. The number of nitrogens with zero attached hydrogens (tertiary/aromatic N) is 2. The van der Waals surface area contributed by atoms with Crippen molar-refractivity contribution in [1.29, 1.82) is 5.26 Å². The molecule has 0 spiro atoms. The molecule has 25 heavy (non-hydrogen) atoms. The van der Waals surface area contributed by atoms with Gasteiger partial charge in [0.1, 0.15) is 18.5 Å². The fraction of sp³-hybridized carbons (Fsp3) is 0.389. The summed E-state index contributed by atoms with van der Waals surface area (Å²) in [5, 5.41) is 28.7. The van der Waals surface area contributed by atoms with Gasteiger partial charge in [-0.05, 0) is 45.0 Å². The standard InChI is InChI=1S/C18H22N4O3/c1-18(2,3)20-10-13(23)11-25-16-6-4-12(9-19)8-14(16)15-5-7-17(24)22-21-15/h4-8,13,20,23H,10-11H2,1-3H3,(H,22,24). The van der Waals surface area contributed by atoms with Crippen molar-refractivity contribution in [3.8, 4) is 23.1 Å². The van der Waals surface area contributed by atoms with Gasteiger partial charge >= 0.3 is 0 Å². The summed E-state index contributed by atoms with van der Waals surface area (Å²) >= 11 is 0. The minimum Gasteiger partial charge on any atom is -0.490 e. The first-order valence-electron chi connectivity index (χ1n) is 7.94. The first-order valence-corrected chi connectivity index (χ1v) is 7.94. The predicted molar refractivity (Wildman–Crippen MR) is 94.3 cm³/mol. The van der Waals surface area contributed by atoms with Gasteiger partial charge in [-0.25, -0.2) is 5.10 Å². The van der Waals surface area contributed by atoms with E-state index in [1.165, 1.54) is 6.07 Å². The van der Waals surface area contributed by atoms with Crippen molar-refractivity contribution in [3.05, 3.63) is 46.2 Å². The summed E-state index contributed by atoms with van der Waals surface area (Å²) in [6.45, 7) is 6.53. The number of aliphatic hydroxyl groups excluding tert-OH is 1. The van der Waals surface area contributed by atoms with E-state index in [0.29, 0.717) is 29.1 Å². The molecule has 0 amide bonds. The van der Waals surface area contributed by atoms with E-state index in [4.69, 9.17) is 10.00 Å². The van der Waals surface area contributed by atoms with E-state index >= 15 is 0 Å². The van der Waals surface area contributed by atoms with E-state index in [1.54, 1.807) is 24.3 Å². The lowest BCUT2D eigenvalue weighted by atomic mass is 10.1. The Morgan fingerprint density at radius 1 is 1.36 bits per heavy atom. The number of hydrogen-bond donors (Lipinski definition) is 3. The van der Waals surface area contributed by atoms with E-state index in [2.05, 4.69) is 21.6 Å². The quantitative estimate of drug-likeness (QED) is 0.732. The fourth-order valence-electron chi connectivity index (χ4n) is 2.09. The zero-order chi connectivity index (χ0) is 18.4. The minimum absolute atomic E-state index is 0.0886. The number of rotatable bonds is 6. The monoisotopic (exact) mass is 342 g/mol. The van der Waals surface area contributed by atoms with Gasteiger partial charge in [0, 0.05) is 23.7 Å². The van der Waals surface area contributed by atoms with Crippen LogP contribution in [0.2, 0.25) is 0 Å². The van der Waals surface area contributed by atoms with Crippen LogP contribution in [0.5, 0.6) is 5.75 Å². The van der Waals surface area contributed by atoms with Gasteiger partial charge in [0.15, 0.2) is 0 Å². The molecule has 0 bridgehead atoms. The smallest absolute Gasteiger partial charge is 0.264 e. The third-order valence-corrected chi connectivity index (χ3v) is 3.36. The van der Waals surface area contributed by atoms with Crippen LogP contribution >= 0.6 is 0 Å². The Labute approximate surface area is 146 Å². The number of H-pyrrole nitrogens is 1. The second-order valence-corrected chi connectivity index (χ2v) is 6.72. The summed E-state index contributed by atoms with van der Waals surface area (Å²) in [6, 6.07) is 9.89. The van der Waals surface area contributed by atoms with Crippen LogP contribution in [0, 0.1) is 11.3 Å². The number of aromatic nitrogens is 2. The average molecular weight is 342 g/mol. The Balaban J connectivity index is 2.16. The maximum Gasteiger partial charge on any atom is 0.264 e. The van der Waals surface area contributed by atoms with Gasteiger partial charge in [-0.15, -0.1) is 0 Å². The summed E-state index contributed by atoms with van der Waals surface area (Å²) in [6.07, 6.45) is -0.689. The Kier molecular flexibility index (Phi) is 5.91. The van der Waals surface area contributed by atoms with Crippen molar-refractivity contribution in [2.45, 2.75) is 32.4 Å². The van der Waals surface area contributed by atoms with Gasteiger partial charge in [-0.2, -0.15) is 10.4 Å². The fourth-order valence-corrected chi connectivity index (χ4v) is 2.09. The number of aliphatic hydroxyl groups is 1. The Morgan fingerprint density at radius 2 is 2.12 bits per heavy atom. The molecule has 0 saturated carbocycles. The molecule has 0 fully saturated rings. The molecule has 1 heterocycles. The first kappa shape index (κ1) is 18.6. The van der Waals surface area contributed by atoms with E-state index in [-0.39, 0.29) is 17.7 Å². The van der Waals surface area contributed by atoms with Crippen molar-refractivity contribution < 1.29 is 9.84 Å². The second-order valence-electron chi connectivity index (χ2n) is 6.72. The molecule has 0 aliphatic rings. The molecule has 0 radical (unpaired) electrons. The number of ether oxygens (including phenoxy) is 1. The summed E-state index contributed by atoms with van der Waals surface area (Å²) in [7, 11) is 0. The molecule has 1 aromatic heterocycles. The number of benzene rings is 1. The highest BCUT2D eigenvalue weighted by Gasteiger charge is 2.15. The molecule has 1 unspecified atom stereocenters. The van der Waals surface area contributed by atoms with Gasteiger partial charge < -0.3 is 15.2 Å². The zero-order valence-electron chi connectivity index (χ0n) is 14.5. The summed E-state index contributed by atoms with van der Waals surface area (Å²) in [4.78, 5) is 11.2. The lowest BCUT2D eigenvalue weighted by molar-refractivity contribution is 0.100. The Morgan fingerprint density at radius 3 is 2.72 bits per heavy atom. The lowest BCUT2D eigenvalue weighted by Crippen LogP contribution is -2.42. The largest absolute Gasteiger partial charge is 0.490 e. The molecule has 1 atom stereocenters. The number of nitriles is 1. The third-order valence-electron chi connectivity index (χ3n) is 3.36. The highest BCUT2D eigenvalue weighted by atomic mass is 16.5. The van der Waals surface area contributed by atoms with Gasteiger partial charge in [-0.1, -0.05) is 0 Å². The first-order chi connectivity index (χ1) is 11.8. The van der Waals surface area contributed by atoms with E-state index < -0.39 is 6.10 Å². The zero-order valence-corrected chi connectivity index (χ0v) is 14.5. The number of β-amino-alcohol motifs (C(OH)–C–C–N with tert-alkyl or cyclic N) is 1. The molecule has 0 aliphatic carbocycles. The van der Waals surface area contributed by atoms with Crippen molar-refractivity contribution in [1.82, 2.24) is 15.5 Å². The molecule has 2 aromatic rings. The van der Waals surface area contributed by atoms with Crippen LogP contribution in [0.1, 0.15) is 26.3 Å².